The molecule has 0 spiro atoms. The minimum atomic E-state index is -3.22. The van der Waals surface area contributed by atoms with E-state index < -0.39 is 10.0 Å². The van der Waals surface area contributed by atoms with Gasteiger partial charge in [0.15, 0.2) is 5.96 Å². The molecule has 0 fully saturated rings. The van der Waals surface area contributed by atoms with Crippen LogP contribution in [0.5, 0.6) is 0 Å². The van der Waals surface area contributed by atoms with Gasteiger partial charge in [0.25, 0.3) is 0 Å². The Morgan fingerprint density at radius 1 is 1.37 bits per heavy atom. The fourth-order valence-corrected chi connectivity index (χ4v) is 2.31. The molecular weight excluding hydrogens is 264 g/mol. The molecule has 0 aromatic heterocycles. The highest BCUT2D eigenvalue weighted by Crippen LogP contribution is 2.10. The molecule has 19 heavy (non-hydrogen) atoms. The van der Waals surface area contributed by atoms with Crippen molar-refractivity contribution >= 4 is 21.7 Å². The van der Waals surface area contributed by atoms with Crippen LogP contribution in [-0.2, 0) is 16.6 Å². The Hall–Kier alpha value is -1.76. The lowest BCUT2D eigenvalue weighted by molar-refractivity contribution is 0.607. The van der Waals surface area contributed by atoms with Crippen molar-refractivity contribution in [2.45, 2.75) is 19.5 Å². The summed E-state index contributed by atoms with van der Waals surface area (Å²) >= 11 is 0. The summed E-state index contributed by atoms with van der Waals surface area (Å²) < 4.78 is 24.6. The Bertz CT molecular complexity index is 566. The number of rotatable bonds is 4. The van der Waals surface area contributed by atoms with Gasteiger partial charge in [0.2, 0.25) is 10.0 Å². The number of aliphatic imine (C=N–C) groups is 1. The Morgan fingerprint density at radius 3 is 2.58 bits per heavy atom. The zero-order chi connectivity index (χ0) is 13.9. The predicted molar refractivity (Wildman–Crippen MR) is 76.6 cm³/mol. The molecule has 0 bridgehead atoms. The van der Waals surface area contributed by atoms with E-state index in [1.807, 2.05) is 12.1 Å². The molecule has 6 nitrogen and oxygen atoms in total. The van der Waals surface area contributed by atoms with E-state index in [9.17, 15) is 8.42 Å². The number of nitrogens with zero attached hydrogens (tertiary/aromatic N) is 1. The molecule has 1 aromatic carbocycles. The van der Waals surface area contributed by atoms with Crippen LogP contribution in [0.1, 0.15) is 12.5 Å². The number of guanidine groups is 1. The molecule has 1 aliphatic heterocycles. The van der Waals surface area contributed by atoms with Gasteiger partial charge in [-0.2, -0.15) is 0 Å². The van der Waals surface area contributed by atoms with Crippen molar-refractivity contribution in [1.29, 1.82) is 0 Å². The van der Waals surface area contributed by atoms with Crippen LogP contribution in [0.25, 0.3) is 0 Å². The summed E-state index contributed by atoms with van der Waals surface area (Å²) in [5.74, 6) is 0.811. The van der Waals surface area contributed by atoms with Gasteiger partial charge < -0.3 is 10.6 Å². The van der Waals surface area contributed by atoms with E-state index in [0.29, 0.717) is 18.3 Å². The second-order valence-corrected chi connectivity index (χ2v) is 6.41. The molecule has 0 aliphatic carbocycles. The van der Waals surface area contributed by atoms with Crippen molar-refractivity contribution in [3.05, 3.63) is 29.8 Å². The van der Waals surface area contributed by atoms with Crippen molar-refractivity contribution in [3.8, 4) is 0 Å². The van der Waals surface area contributed by atoms with Crippen LogP contribution in [0.4, 0.5) is 5.69 Å². The maximum Gasteiger partial charge on any atom is 0.229 e. The number of hydrogen-bond donors (Lipinski definition) is 3. The second kappa shape index (κ2) is 5.48. The first-order valence-electron chi connectivity index (χ1n) is 6.04. The summed E-state index contributed by atoms with van der Waals surface area (Å²) in [5.41, 5.74) is 1.62. The van der Waals surface area contributed by atoms with Crippen molar-refractivity contribution in [2.24, 2.45) is 4.99 Å². The lowest BCUT2D eigenvalue weighted by Gasteiger charge is -2.09. The Labute approximate surface area is 113 Å². The molecule has 0 amide bonds. The topological polar surface area (TPSA) is 82.6 Å². The molecule has 0 saturated heterocycles. The molecule has 104 valence electrons. The van der Waals surface area contributed by atoms with Crippen LogP contribution in [0.3, 0.4) is 0 Å². The van der Waals surface area contributed by atoms with E-state index in [0.717, 1.165) is 24.3 Å². The maximum atomic E-state index is 11.1. The molecule has 1 atom stereocenters. The van der Waals surface area contributed by atoms with Gasteiger partial charge in [0, 0.05) is 18.3 Å². The molecular formula is C12H18N4O2S. The number of benzene rings is 1. The third-order valence-electron chi connectivity index (χ3n) is 2.62. The van der Waals surface area contributed by atoms with Gasteiger partial charge in [-0.15, -0.1) is 0 Å². The summed E-state index contributed by atoms with van der Waals surface area (Å²) in [6.45, 7) is 3.51. The largest absolute Gasteiger partial charge is 0.352 e. The highest BCUT2D eigenvalue weighted by atomic mass is 32.2. The van der Waals surface area contributed by atoms with Crippen molar-refractivity contribution < 1.29 is 8.42 Å². The Balaban J connectivity index is 1.89. The van der Waals surface area contributed by atoms with E-state index in [2.05, 4.69) is 27.3 Å². The second-order valence-electron chi connectivity index (χ2n) is 4.66. The standard InChI is InChI=1S/C12H18N4O2S/c1-9-7-13-12(15-9)14-8-10-3-5-11(6-4-10)16-19(2,17)18/h3-6,9,16H,7-8H2,1-2H3,(H2,13,14,15). The normalized spacial score (nSPS) is 18.6. The van der Waals surface area contributed by atoms with Gasteiger partial charge in [-0.3, -0.25) is 9.71 Å². The average molecular weight is 282 g/mol. The molecule has 3 N–H and O–H groups in total. The molecule has 1 aromatic rings. The third kappa shape index (κ3) is 4.44. The molecule has 0 radical (unpaired) electrons. The van der Waals surface area contributed by atoms with E-state index >= 15 is 0 Å². The summed E-state index contributed by atoms with van der Waals surface area (Å²) in [6, 6.07) is 7.61. The van der Waals surface area contributed by atoms with Crippen molar-refractivity contribution in [1.82, 2.24) is 10.6 Å². The van der Waals surface area contributed by atoms with Gasteiger partial charge in [-0.05, 0) is 24.6 Å². The number of anilines is 1. The lowest BCUT2D eigenvalue weighted by Crippen LogP contribution is -2.37. The monoisotopic (exact) mass is 282 g/mol. The van der Waals surface area contributed by atoms with Crippen LogP contribution in [0.2, 0.25) is 0 Å². The maximum absolute atomic E-state index is 11.1. The highest BCUT2D eigenvalue weighted by molar-refractivity contribution is 7.92. The summed E-state index contributed by atoms with van der Waals surface area (Å²) in [5, 5.41) is 6.41. The Morgan fingerprint density at radius 2 is 2.05 bits per heavy atom. The van der Waals surface area contributed by atoms with E-state index in [4.69, 9.17) is 0 Å². The minimum absolute atomic E-state index is 0.379. The van der Waals surface area contributed by atoms with Crippen molar-refractivity contribution in [3.63, 3.8) is 0 Å². The van der Waals surface area contributed by atoms with Gasteiger partial charge in [-0.25, -0.2) is 8.42 Å². The fraction of sp³-hybridized carbons (Fsp3) is 0.417. The molecule has 7 heteroatoms. The summed E-state index contributed by atoms with van der Waals surface area (Å²) in [4.78, 5) is 4.30. The molecule has 1 aliphatic rings. The van der Waals surface area contributed by atoms with Gasteiger partial charge in [-0.1, -0.05) is 12.1 Å². The van der Waals surface area contributed by atoms with E-state index in [1.54, 1.807) is 12.1 Å². The SMILES string of the molecule is CC1CN=C(NCc2ccc(NS(C)(=O)=O)cc2)N1. The smallest absolute Gasteiger partial charge is 0.229 e. The first-order valence-corrected chi connectivity index (χ1v) is 7.93. The zero-order valence-corrected chi connectivity index (χ0v) is 11.8. The quantitative estimate of drug-likeness (QED) is 0.751. The third-order valence-corrected chi connectivity index (χ3v) is 3.23. The van der Waals surface area contributed by atoms with Crippen LogP contribution in [-0.4, -0.2) is 33.2 Å². The van der Waals surface area contributed by atoms with Crippen LogP contribution in [0, 0.1) is 0 Å². The van der Waals surface area contributed by atoms with Gasteiger partial charge in [0.1, 0.15) is 0 Å². The Kier molecular flexibility index (Phi) is 3.94. The fourth-order valence-electron chi connectivity index (χ4n) is 1.75. The van der Waals surface area contributed by atoms with Crippen molar-refractivity contribution in [2.75, 3.05) is 17.5 Å². The van der Waals surface area contributed by atoms with Crippen LogP contribution in [0.15, 0.2) is 29.3 Å². The number of hydrogen-bond acceptors (Lipinski definition) is 5. The molecule has 2 rings (SSSR count). The summed E-state index contributed by atoms with van der Waals surface area (Å²) in [6.07, 6.45) is 1.13. The van der Waals surface area contributed by atoms with Gasteiger partial charge >= 0.3 is 0 Å². The molecule has 0 saturated carbocycles. The van der Waals surface area contributed by atoms with E-state index in [-0.39, 0.29) is 0 Å². The highest BCUT2D eigenvalue weighted by Gasteiger charge is 2.11. The lowest BCUT2D eigenvalue weighted by atomic mass is 10.2. The first kappa shape index (κ1) is 13.7. The molecule has 1 heterocycles. The predicted octanol–water partition coefficient (Wildman–Crippen LogP) is 0.495. The molecule has 1 unspecified atom stereocenters. The average Bonchev–Trinajstić information content (AvgIpc) is 2.72. The minimum Gasteiger partial charge on any atom is -0.352 e. The number of sulfonamides is 1. The van der Waals surface area contributed by atoms with E-state index in [1.165, 1.54) is 0 Å². The zero-order valence-electron chi connectivity index (χ0n) is 11.0. The first-order chi connectivity index (χ1) is 8.92. The van der Waals surface area contributed by atoms with Gasteiger partial charge in [0.05, 0.1) is 12.8 Å². The number of nitrogens with one attached hydrogen (secondary N) is 3. The van der Waals surface area contributed by atoms with Crippen LogP contribution < -0.4 is 15.4 Å². The summed E-state index contributed by atoms with van der Waals surface area (Å²) in [7, 11) is -3.22. The van der Waals surface area contributed by atoms with Crippen LogP contribution >= 0.6 is 0 Å².